The minimum absolute atomic E-state index is 0.0149. The van der Waals surface area contributed by atoms with Gasteiger partial charge in [0, 0.05) is 11.6 Å². The van der Waals surface area contributed by atoms with Gasteiger partial charge in [-0.3, -0.25) is 9.48 Å². The van der Waals surface area contributed by atoms with Gasteiger partial charge >= 0.3 is 5.97 Å². The van der Waals surface area contributed by atoms with E-state index in [0.717, 1.165) is 34.3 Å². The Hall–Kier alpha value is -4.04. The first-order valence-electron chi connectivity index (χ1n) is 10.5. The van der Waals surface area contributed by atoms with Crippen molar-refractivity contribution < 1.29 is 14.6 Å². The first-order valence-corrected chi connectivity index (χ1v) is 10.5. The third-order valence-corrected chi connectivity index (χ3v) is 5.19. The van der Waals surface area contributed by atoms with Crippen LogP contribution in [0.5, 0.6) is 5.75 Å². The van der Waals surface area contributed by atoms with E-state index in [0.29, 0.717) is 6.61 Å². The number of fused-ring (bicyclic) bond motifs is 1. The fourth-order valence-corrected chi connectivity index (χ4v) is 3.63. The Bertz CT molecular complexity index is 1270. The maximum absolute atomic E-state index is 11.1. The van der Waals surface area contributed by atoms with Crippen LogP contribution in [0.2, 0.25) is 0 Å². The molecule has 1 N–H and O–H groups in total. The van der Waals surface area contributed by atoms with E-state index >= 15 is 0 Å². The molecule has 0 bridgehead atoms. The van der Waals surface area contributed by atoms with Crippen molar-refractivity contribution in [3.05, 3.63) is 95.7 Å². The molecule has 5 nitrogen and oxygen atoms in total. The number of carboxylic acid groups (broad SMARTS) is 1. The topological polar surface area (TPSA) is 64.3 Å². The predicted octanol–water partition coefficient (Wildman–Crippen LogP) is 5.25. The van der Waals surface area contributed by atoms with Crippen LogP contribution in [0.1, 0.15) is 36.0 Å². The zero-order valence-corrected chi connectivity index (χ0v) is 17.9. The van der Waals surface area contributed by atoms with Crippen molar-refractivity contribution in [2.24, 2.45) is 0 Å². The predicted molar refractivity (Wildman–Crippen MR) is 124 cm³/mol. The number of nitrogens with zero attached hydrogens (tertiary/aromatic N) is 2. The second-order valence-electron chi connectivity index (χ2n) is 7.61. The molecule has 160 valence electrons. The van der Waals surface area contributed by atoms with E-state index in [9.17, 15) is 4.79 Å². The molecule has 0 aliphatic rings. The molecule has 0 aliphatic carbocycles. The van der Waals surface area contributed by atoms with Crippen molar-refractivity contribution in [3.8, 4) is 17.6 Å². The van der Waals surface area contributed by atoms with Crippen LogP contribution in [0.15, 0.2) is 79.0 Å². The first-order chi connectivity index (χ1) is 15.6. The van der Waals surface area contributed by atoms with E-state index in [1.165, 1.54) is 5.56 Å². The normalized spacial score (nSPS) is 11.5. The molecule has 0 fully saturated rings. The number of benzene rings is 3. The van der Waals surface area contributed by atoms with Crippen molar-refractivity contribution >= 4 is 16.9 Å². The van der Waals surface area contributed by atoms with E-state index in [1.807, 2.05) is 59.3 Å². The maximum atomic E-state index is 11.1. The second kappa shape index (κ2) is 9.84. The third kappa shape index (κ3) is 5.35. The van der Waals surface area contributed by atoms with Crippen LogP contribution in [-0.4, -0.2) is 20.9 Å². The van der Waals surface area contributed by atoms with Crippen molar-refractivity contribution in [2.45, 2.75) is 32.4 Å². The Morgan fingerprint density at radius 1 is 1.06 bits per heavy atom. The van der Waals surface area contributed by atoms with E-state index in [4.69, 9.17) is 9.84 Å². The van der Waals surface area contributed by atoms with Gasteiger partial charge < -0.3 is 9.84 Å². The molecule has 0 unspecified atom stereocenters. The summed E-state index contributed by atoms with van der Waals surface area (Å²) in [6.07, 6.45) is 2.04. The summed E-state index contributed by atoms with van der Waals surface area (Å²) < 4.78 is 7.89. The molecule has 3 aromatic carbocycles. The highest BCUT2D eigenvalue weighted by molar-refractivity contribution is 5.78. The first kappa shape index (κ1) is 21.2. The van der Waals surface area contributed by atoms with Gasteiger partial charge in [0.2, 0.25) is 0 Å². The van der Waals surface area contributed by atoms with Gasteiger partial charge in [0.25, 0.3) is 0 Å². The van der Waals surface area contributed by atoms with Crippen molar-refractivity contribution in [3.63, 3.8) is 0 Å². The molecule has 0 amide bonds. The van der Waals surface area contributed by atoms with Gasteiger partial charge in [0.1, 0.15) is 12.4 Å². The van der Waals surface area contributed by atoms with Crippen LogP contribution < -0.4 is 4.74 Å². The van der Waals surface area contributed by atoms with E-state index in [-0.39, 0.29) is 12.3 Å². The lowest BCUT2D eigenvalue weighted by Gasteiger charge is -2.11. The maximum Gasteiger partial charge on any atom is 0.304 e. The summed E-state index contributed by atoms with van der Waals surface area (Å²) in [6, 6.07) is 23.9. The monoisotopic (exact) mass is 424 g/mol. The quantitative estimate of drug-likeness (QED) is 0.393. The summed E-state index contributed by atoms with van der Waals surface area (Å²) in [5.41, 5.74) is 4.10. The molecule has 0 spiro atoms. The molecule has 0 aliphatic heterocycles. The molecule has 32 heavy (non-hydrogen) atoms. The summed E-state index contributed by atoms with van der Waals surface area (Å²) in [4.78, 5) is 11.1. The highest BCUT2D eigenvalue weighted by Gasteiger charge is 2.13. The fourth-order valence-electron chi connectivity index (χ4n) is 3.63. The van der Waals surface area contributed by atoms with E-state index in [2.05, 4.69) is 41.3 Å². The number of carboxylic acids is 1. The van der Waals surface area contributed by atoms with Gasteiger partial charge in [-0.25, -0.2) is 0 Å². The van der Waals surface area contributed by atoms with Gasteiger partial charge in [0.15, 0.2) is 0 Å². The van der Waals surface area contributed by atoms with Crippen LogP contribution >= 0.6 is 0 Å². The Morgan fingerprint density at radius 3 is 2.56 bits per heavy atom. The number of hydrogen-bond donors (Lipinski definition) is 1. The van der Waals surface area contributed by atoms with E-state index < -0.39 is 5.97 Å². The number of rotatable bonds is 8. The van der Waals surface area contributed by atoms with Gasteiger partial charge in [-0.2, -0.15) is 5.10 Å². The number of aromatic nitrogens is 2. The van der Waals surface area contributed by atoms with Gasteiger partial charge in [-0.05, 0) is 47.9 Å². The molecule has 1 aromatic heterocycles. The summed E-state index contributed by atoms with van der Waals surface area (Å²) in [5.74, 6) is 5.32. The summed E-state index contributed by atoms with van der Waals surface area (Å²) in [6.45, 7) is 2.89. The zero-order valence-electron chi connectivity index (χ0n) is 17.9. The summed E-state index contributed by atoms with van der Waals surface area (Å²) >= 11 is 0. The summed E-state index contributed by atoms with van der Waals surface area (Å²) in [7, 11) is 0. The Kier molecular flexibility index (Phi) is 6.52. The molecule has 4 aromatic rings. The lowest BCUT2D eigenvalue weighted by Crippen LogP contribution is -2.04. The molecule has 1 atom stereocenters. The van der Waals surface area contributed by atoms with E-state index in [1.54, 1.807) is 6.92 Å². The molecule has 0 saturated carbocycles. The Labute approximate surface area is 187 Å². The second-order valence-corrected chi connectivity index (χ2v) is 7.61. The summed E-state index contributed by atoms with van der Waals surface area (Å²) in [5, 5.41) is 14.8. The smallest absolute Gasteiger partial charge is 0.304 e. The Morgan fingerprint density at radius 2 is 1.84 bits per heavy atom. The lowest BCUT2D eigenvalue weighted by atomic mass is 9.96. The SMILES string of the molecule is CC#C[C@@H](CC(=O)O)c1ccc(OCc2ccc3nn(Cc4ccccc4)cc3c2)cc1. The minimum Gasteiger partial charge on any atom is -0.489 e. The van der Waals surface area contributed by atoms with Crippen LogP contribution in [0, 0.1) is 11.8 Å². The third-order valence-electron chi connectivity index (χ3n) is 5.19. The Balaban J connectivity index is 1.41. The van der Waals surface area contributed by atoms with Gasteiger partial charge in [0.05, 0.1) is 24.4 Å². The molecule has 0 saturated heterocycles. The highest BCUT2D eigenvalue weighted by atomic mass is 16.5. The van der Waals surface area contributed by atoms with Crippen LogP contribution in [0.4, 0.5) is 0 Å². The van der Waals surface area contributed by atoms with Crippen LogP contribution in [0.25, 0.3) is 10.9 Å². The molecule has 0 radical (unpaired) electrons. The standard InChI is InChI=1S/C27H24N2O3/c1-2-6-23(16-27(30)31)22-10-12-25(13-11-22)32-19-21-9-14-26-24(15-21)18-29(28-26)17-20-7-4-3-5-8-20/h3-5,7-15,18,23H,16-17,19H2,1H3,(H,30,31)/t23-/m0/s1. The number of ether oxygens (including phenoxy) is 1. The molecule has 4 rings (SSSR count). The fraction of sp³-hybridized carbons (Fsp3) is 0.185. The van der Waals surface area contributed by atoms with Gasteiger partial charge in [-0.15, -0.1) is 5.92 Å². The molecule has 1 heterocycles. The molecular weight excluding hydrogens is 400 g/mol. The molecular formula is C27H24N2O3. The lowest BCUT2D eigenvalue weighted by molar-refractivity contribution is -0.137. The average Bonchev–Trinajstić information content (AvgIpc) is 3.19. The number of hydrogen-bond acceptors (Lipinski definition) is 3. The van der Waals surface area contributed by atoms with Crippen molar-refractivity contribution in [1.82, 2.24) is 9.78 Å². The average molecular weight is 425 g/mol. The number of carbonyl (C=O) groups is 1. The minimum atomic E-state index is -0.861. The largest absolute Gasteiger partial charge is 0.489 e. The van der Waals surface area contributed by atoms with Crippen molar-refractivity contribution in [1.29, 1.82) is 0 Å². The van der Waals surface area contributed by atoms with Crippen LogP contribution in [-0.2, 0) is 17.9 Å². The number of aliphatic carboxylic acids is 1. The highest BCUT2D eigenvalue weighted by Crippen LogP contribution is 2.23. The van der Waals surface area contributed by atoms with Crippen molar-refractivity contribution in [2.75, 3.05) is 0 Å². The molecule has 5 heteroatoms. The van der Waals surface area contributed by atoms with Crippen LogP contribution in [0.3, 0.4) is 0 Å². The van der Waals surface area contributed by atoms with Gasteiger partial charge in [-0.1, -0.05) is 54.5 Å². The zero-order chi connectivity index (χ0) is 22.3.